The second-order valence-corrected chi connectivity index (χ2v) is 6.67. The fraction of sp³-hybridized carbons (Fsp3) is 0.200. The summed E-state index contributed by atoms with van der Waals surface area (Å²) in [5.41, 5.74) is -0.226. The maximum atomic E-state index is 14.8. The zero-order valence-corrected chi connectivity index (χ0v) is 13.7. The van der Waals surface area contributed by atoms with Gasteiger partial charge in [0, 0.05) is 16.5 Å². The number of pyridine rings is 1. The lowest BCUT2D eigenvalue weighted by Gasteiger charge is -2.37. The number of para-hydroxylation sites is 1. The molecule has 0 spiro atoms. The van der Waals surface area contributed by atoms with Gasteiger partial charge < -0.3 is 0 Å². The van der Waals surface area contributed by atoms with Crippen molar-refractivity contribution in [2.75, 3.05) is 0 Å². The average Bonchev–Trinajstić information content (AvgIpc) is 2.58. The van der Waals surface area contributed by atoms with Crippen molar-refractivity contribution in [1.29, 1.82) is 0 Å². The minimum atomic E-state index is -3.27. The molecule has 0 fully saturated rings. The van der Waals surface area contributed by atoms with E-state index in [2.05, 4.69) is 9.98 Å². The van der Waals surface area contributed by atoms with Crippen molar-refractivity contribution in [3.63, 3.8) is 0 Å². The molecule has 0 saturated carbocycles. The summed E-state index contributed by atoms with van der Waals surface area (Å²) in [5.74, 6) is -3.97. The molecular weight excluding hydrogens is 325 g/mol. The van der Waals surface area contributed by atoms with E-state index in [4.69, 9.17) is 0 Å². The summed E-state index contributed by atoms with van der Waals surface area (Å²) in [4.78, 5) is 8.86. The minimum Gasteiger partial charge on any atom is -0.270 e. The van der Waals surface area contributed by atoms with E-state index < -0.39 is 17.3 Å². The van der Waals surface area contributed by atoms with Crippen molar-refractivity contribution in [1.82, 2.24) is 4.98 Å². The summed E-state index contributed by atoms with van der Waals surface area (Å²) < 4.78 is 43.2. The van der Waals surface area contributed by atoms with Crippen molar-refractivity contribution in [3.8, 4) is 0 Å². The number of nitrogens with zero attached hydrogens (tertiary/aromatic N) is 2. The Morgan fingerprint density at radius 1 is 0.920 bits per heavy atom. The lowest BCUT2D eigenvalue weighted by atomic mass is 9.82. The maximum absolute atomic E-state index is 14.8. The molecule has 25 heavy (non-hydrogen) atoms. The van der Waals surface area contributed by atoms with E-state index in [9.17, 15) is 13.2 Å². The monoisotopic (exact) mass is 340 g/mol. The standard InChI is InChI=1S/C20H15F3N2/c1-19(2)20(22,23)15-11-13(21)8-9-14(15)18(25-19)17-10-7-12-5-3-4-6-16(12)24-17/h3-11H,1-2H3. The third-order valence-electron chi connectivity index (χ3n) is 4.58. The highest BCUT2D eigenvalue weighted by atomic mass is 19.3. The van der Waals surface area contributed by atoms with E-state index in [0.717, 1.165) is 17.0 Å². The number of hydrogen-bond donors (Lipinski definition) is 0. The number of benzene rings is 2. The lowest BCUT2D eigenvalue weighted by Crippen LogP contribution is -2.44. The lowest BCUT2D eigenvalue weighted by molar-refractivity contribution is -0.0684. The molecule has 0 amide bonds. The third-order valence-corrected chi connectivity index (χ3v) is 4.58. The van der Waals surface area contributed by atoms with Gasteiger partial charge in [-0.05, 0) is 44.2 Å². The van der Waals surface area contributed by atoms with Crippen molar-refractivity contribution >= 4 is 16.6 Å². The van der Waals surface area contributed by atoms with E-state index in [1.165, 1.54) is 26.0 Å². The van der Waals surface area contributed by atoms with Crippen LogP contribution in [0, 0.1) is 5.82 Å². The fourth-order valence-electron chi connectivity index (χ4n) is 3.12. The van der Waals surface area contributed by atoms with Crippen molar-refractivity contribution in [2.24, 2.45) is 4.99 Å². The SMILES string of the molecule is CC1(C)N=C(c2ccc3ccccc3n2)c2ccc(F)cc2C1(F)F. The van der Waals surface area contributed by atoms with Gasteiger partial charge >= 0.3 is 0 Å². The van der Waals surface area contributed by atoms with Gasteiger partial charge in [0.25, 0.3) is 5.92 Å². The number of hydrogen-bond acceptors (Lipinski definition) is 2. The topological polar surface area (TPSA) is 25.2 Å². The number of aliphatic imine (C=N–C) groups is 1. The Balaban J connectivity index is 1.98. The summed E-state index contributed by atoms with van der Waals surface area (Å²) >= 11 is 0. The molecule has 2 aromatic carbocycles. The molecule has 0 aliphatic carbocycles. The highest BCUT2D eigenvalue weighted by Crippen LogP contribution is 2.46. The van der Waals surface area contributed by atoms with Gasteiger partial charge in [-0.2, -0.15) is 8.78 Å². The van der Waals surface area contributed by atoms with Crippen LogP contribution >= 0.6 is 0 Å². The van der Waals surface area contributed by atoms with Crippen molar-refractivity contribution in [3.05, 3.63) is 77.2 Å². The second kappa shape index (κ2) is 5.15. The molecule has 2 heterocycles. The van der Waals surface area contributed by atoms with Crippen LogP contribution in [0.15, 0.2) is 59.6 Å². The van der Waals surface area contributed by atoms with Crippen LogP contribution in [-0.4, -0.2) is 16.2 Å². The van der Waals surface area contributed by atoms with E-state index in [1.807, 2.05) is 30.3 Å². The Labute approximate surface area is 143 Å². The Kier molecular flexibility index (Phi) is 3.26. The van der Waals surface area contributed by atoms with Crippen LogP contribution in [0.25, 0.3) is 10.9 Å². The van der Waals surface area contributed by atoms with Crippen LogP contribution in [0.5, 0.6) is 0 Å². The highest BCUT2D eigenvalue weighted by Gasteiger charge is 2.53. The third kappa shape index (κ3) is 2.34. The summed E-state index contributed by atoms with van der Waals surface area (Å²) in [6, 6.07) is 14.6. The van der Waals surface area contributed by atoms with Gasteiger partial charge in [-0.15, -0.1) is 0 Å². The highest BCUT2D eigenvalue weighted by molar-refractivity contribution is 6.14. The minimum absolute atomic E-state index is 0.216. The molecule has 4 rings (SSSR count). The Hall–Kier alpha value is -2.69. The summed E-state index contributed by atoms with van der Waals surface area (Å²) in [6.45, 7) is 2.70. The number of aromatic nitrogens is 1. The summed E-state index contributed by atoms with van der Waals surface area (Å²) in [7, 11) is 0. The normalized spacial score (nSPS) is 17.9. The fourth-order valence-corrected chi connectivity index (χ4v) is 3.12. The number of fused-ring (bicyclic) bond motifs is 2. The first kappa shape index (κ1) is 15.8. The predicted molar refractivity (Wildman–Crippen MR) is 91.8 cm³/mol. The van der Waals surface area contributed by atoms with Crippen molar-refractivity contribution < 1.29 is 13.2 Å². The zero-order chi connectivity index (χ0) is 17.8. The van der Waals surface area contributed by atoms with E-state index in [-0.39, 0.29) is 11.1 Å². The molecule has 5 heteroatoms. The molecule has 3 aromatic rings. The molecular formula is C20H15F3N2. The average molecular weight is 340 g/mol. The Morgan fingerprint density at radius 3 is 2.48 bits per heavy atom. The van der Waals surface area contributed by atoms with E-state index in [1.54, 1.807) is 6.07 Å². The smallest absolute Gasteiger partial charge is 0.270 e. The van der Waals surface area contributed by atoms with Crippen molar-refractivity contribution in [2.45, 2.75) is 25.3 Å². The quantitative estimate of drug-likeness (QED) is 0.605. The molecule has 126 valence electrons. The molecule has 0 bridgehead atoms. The zero-order valence-electron chi connectivity index (χ0n) is 13.7. The molecule has 0 unspecified atom stereocenters. The summed E-state index contributed by atoms with van der Waals surface area (Å²) in [5, 5.41) is 0.951. The van der Waals surface area contributed by atoms with Gasteiger partial charge in [-0.25, -0.2) is 9.37 Å². The number of halogens is 3. The molecule has 0 atom stereocenters. The molecule has 0 N–H and O–H groups in total. The van der Waals surface area contributed by atoms with Crippen LogP contribution < -0.4 is 0 Å². The Morgan fingerprint density at radius 2 is 1.68 bits per heavy atom. The molecule has 1 aromatic heterocycles. The predicted octanol–water partition coefficient (Wildman–Crippen LogP) is 5.10. The largest absolute Gasteiger partial charge is 0.298 e. The Bertz CT molecular complexity index is 1020. The van der Waals surface area contributed by atoms with Gasteiger partial charge in [0.15, 0.2) is 0 Å². The van der Waals surface area contributed by atoms with Gasteiger partial charge in [-0.3, -0.25) is 4.99 Å². The van der Waals surface area contributed by atoms with Gasteiger partial charge in [0.1, 0.15) is 11.4 Å². The van der Waals surface area contributed by atoms with Gasteiger partial charge in [0.05, 0.1) is 16.9 Å². The van der Waals surface area contributed by atoms with E-state index >= 15 is 0 Å². The van der Waals surface area contributed by atoms with Crippen LogP contribution in [-0.2, 0) is 5.92 Å². The first-order chi connectivity index (χ1) is 11.8. The van der Waals surface area contributed by atoms with E-state index in [0.29, 0.717) is 11.4 Å². The first-order valence-electron chi connectivity index (χ1n) is 7.94. The molecule has 0 saturated heterocycles. The van der Waals surface area contributed by atoms with Crippen LogP contribution in [0.4, 0.5) is 13.2 Å². The molecule has 1 aliphatic heterocycles. The van der Waals surface area contributed by atoms with Crippen LogP contribution in [0.1, 0.15) is 30.7 Å². The van der Waals surface area contributed by atoms with Crippen LogP contribution in [0.2, 0.25) is 0 Å². The number of rotatable bonds is 1. The second-order valence-electron chi connectivity index (χ2n) is 6.67. The maximum Gasteiger partial charge on any atom is 0.298 e. The summed E-state index contributed by atoms with van der Waals surface area (Å²) in [6.07, 6.45) is 0. The first-order valence-corrected chi connectivity index (χ1v) is 7.94. The number of alkyl halides is 2. The van der Waals surface area contributed by atoms with Crippen LogP contribution in [0.3, 0.4) is 0 Å². The molecule has 1 aliphatic rings. The molecule has 0 radical (unpaired) electrons. The van der Waals surface area contributed by atoms with Gasteiger partial charge in [-0.1, -0.05) is 24.3 Å². The van der Waals surface area contributed by atoms with Gasteiger partial charge in [0.2, 0.25) is 0 Å². The molecule has 2 nitrogen and oxygen atoms in total.